The van der Waals surface area contributed by atoms with E-state index in [9.17, 15) is 0 Å². The summed E-state index contributed by atoms with van der Waals surface area (Å²) in [5.74, 6) is 1.45. The lowest BCUT2D eigenvalue weighted by atomic mass is 10.0. The fraction of sp³-hybridized carbons (Fsp3) is 0.353. The first-order valence-electron chi connectivity index (χ1n) is 7.80. The van der Waals surface area contributed by atoms with Crippen molar-refractivity contribution in [3.63, 3.8) is 0 Å². The maximum Gasteiger partial charge on any atom is 0.132 e. The molecule has 3 N–H and O–H groups in total. The molecule has 0 aliphatic carbocycles. The second kappa shape index (κ2) is 6.84. The fourth-order valence-electron chi connectivity index (χ4n) is 2.70. The van der Waals surface area contributed by atoms with Crippen LogP contribution in [0.2, 0.25) is 0 Å². The number of nitrogens with zero attached hydrogens (tertiary/aromatic N) is 3. The van der Waals surface area contributed by atoms with Crippen molar-refractivity contribution in [2.75, 3.05) is 37.4 Å². The van der Waals surface area contributed by atoms with E-state index in [0.717, 1.165) is 18.9 Å². The second-order valence-electron chi connectivity index (χ2n) is 5.72. The zero-order valence-electron chi connectivity index (χ0n) is 13.8. The van der Waals surface area contributed by atoms with Gasteiger partial charge >= 0.3 is 0 Å². The molecule has 2 heterocycles. The Bertz CT molecular complexity index is 750. The van der Waals surface area contributed by atoms with Crippen molar-refractivity contribution in [1.82, 2.24) is 9.97 Å². The topological polar surface area (TPSA) is 97.4 Å². The first kappa shape index (κ1) is 16.2. The third-order valence-electron chi connectivity index (χ3n) is 4.00. The molecule has 1 atom stereocenters. The second-order valence-corrected chi connectivity index (χ2v) is 5.72. The van der Waals surface area contributed by atoms with Gasteiger partial charge in [-0.05, 0) is 25.1 Å². The molecule has 126 valence electrons. The summed E-state index contributed by atoms with van der Waals surface area (Å²) < 4.78 is 10.8. The Balaban J connectivity index is 1.89. The third kappa shape index (κ3) is 3.30. The quantitative estimate of drug-likeness (QED) is 0.655. The van der Waals surface area contributed by atoms with Crippen LogP contribution in [-0.2, 0) is 4.74 Å². The van der Waals surface area contributed by atoms with E-state index in [4.69, 9.17) is 20.6 Å². The highest BCUT2D eigenvalue weighted by molar-refractivity contribution is 6.13. The van der Waals surface area contributed by atoms with Crippen LogP contribution < -0.4 is 15.4 Å². The van der Waals surface area contributed by atoms with E-state index in [0.29, 0.717) is 29.3 Å². The van der Waals surface area contributed by atoms with Crippen molar-refractivity contribution in [2.24, 2.45) is 0 Å². The summed E-state index contributed by atoms with van der Waals surface area (Å²) in [7, 11) is 1.58. The number of hydrogen-bond donors (Lipinski definition) is 2. The number of hydrogen-bond acceptors (Lipinski definition) is 7. The average molecular weight is 327 g/mol. The summed E-state index contributed by atoms with van der Waals surface area (Å²) in [5.41, 5.74) is 7.90. The van der Waals surface area contributed by atoms with Gasteiger partial charge in [-0.2, -0.15) is 0 Å². The summed E-state index contributed by atoms with van der Waals surface area (Å²) in [6.07, 6.45) is 1.64. The Morgan fingerprint density at radius 3 is 2.96 bits per heavy atom. The molecule has 0 amide bonds. The predicted octanol–water partition coefficient (Wildman–Crippen LogP) is 1.71. The minimum atomic E-state index is 0.158. The van der Waals surface area contributed by atoms with Crippen molar-refractivity contribution in [1.29, 1.82) is 5.41 Å². The lowest BCUT2D eigenvalue weighted by Crippen LogP contribution is -2.41. The monoisotopic (exact) mass is 327 g/mol. The maximum absolute atomic E-state index is 8.46. The van der Waals surface area contributed by atoms with Crippen molar-refractivity contribution >= 4 is 17.2 Å². The van der Waals surface area contributed by atoms with Crippen LogP contribution in [0.25, 0.3) is 0 Å². The highest BCUT2D eigenvalue weighted by Crippen LogP contribution is 2.23. The molecule has 1 saturated heterocycles. The van der Waals surface area contributed by atoms with Crippen molar-refractivity contribution in [3.8, 4) is 5.75 Å². The van der Waals surface area contributed by atoms with Crippen molar-refractivity contribution in [3.05, 3.63) is 41.9 Å². The van der Waals surface area contributed by atoms with Crippen LogP contribution in [0.5, 0.6) is 5.75 Å². The van der Waals surface area contributed by atoms with Crippen LogP contribution in [0.4, 0.5) is 11.5 Å². The lowest BCUT2D eigenvalue weighted by Gasteiger charge is -2.32. The maximum atomic E-state index is 8.46. The van der Waals surface area contributed by atoms with Crippen LogP contribution in [0.15, 0.2) is 30.6 Å². The van der Waals surface area contributed by atoms with Crippen molar-refractivity contribution in [2.45, 2.75) is 13.0 Å². The summed E-state index contributed by atoms with van der Waals surface area (Å²) >= 11 is 0. The predicted molar refractivity (Wildman–Crippen MR) is 93.0 cm³/mol. The molecule has 3 rings (SSSR count). The molecule has 1 aliphatic heterocycles. The number of nitrogens with one attached hydrogen (secondary N) is 1. The van der Waals surface area contributed by atoms with E-state index in [1.807, 2.05) is 13.0 Å². The minimum Gasteiger partial charge on any atom is -0.497 e. The van der Waals surface area contributed by atoms with Crippen LogP contribution in [-0.4, -0.2) is 48.6 Å². The molecular weight excluding hydrogens is 306 g/mol. The first-order valence-corrected chi connectivity index (χ1v) is 7.80. The van der Waals surface area contributed by atoms with Crippen LogP contribution in [0.3, 0.4) is 0 Å². The largest absolute Gasteiger partial charge is 0.497 e. The number of benzene rings is 1. The molecular formula is C17H21N5O2. The Morgan fingerprint density at radius 1 is 1.38 bits per heavy atom. The molecule has 1 aromatic carbocycles. The molecule has 1 unspecified atom stereocenters. The highest BCUT2D eigenvalue weighted by atomic mass is 16.5. The van der Waals surface area contributed by atoms with Gasteiger partial charge in [-0.15, -0.1) is 0 Å². The molecule has 24 heavy (non-hydrogen) atoms. The van der Waals surface area contributed by atoms with Gasteiger partial charge in [-0.3, -0.25) is 5.41 Å². The Hall–Kier alpha value is -2.67. The van der Waals surface area contributed by atoms with Gasteiger partial charge in [0.25, 0.3) is 0 Å². The lowest BCUT2D eigenvalue weighted by molar-refractivity contribution is 0.0529. The van der Waals surface area contributed by atoms with Gasteiger partial charge in [0.1, 0.15) is 17.9 Å². The molecule has 0 saturated carbocycles. The van der Waals surface area contributed by atoms with Crippen molar-refractivity contribution < 1.29 is 9.47 Å². The van der Waals surface area contributed by atoms with Crippen LogP contribution >= 0.6 is 0 Å². The number of nitrogens with two attached hydrogens (primary N) is 1. The van der Waals surface area contributed by atoms with Gasteiger partial charge in [-0.1, -0.05) is 0 Å². The normalized spacial score (nSPS) is 17.6. The Kier molecular flexibility index (Phi) is 4.61. The molecule has 1 fully saturated rings. The zero-order valence-corrected chi connectivity index (χ0v) is 13.8. The number of nitrogen functional groups attached to an aromatic ring is 1. The van der Waals surface area contributed by atoms with E-state index in [2.05, 4.69) is 14.9 Å². The number of anilines is 2. The summed E-state index contributed by atoms with van der Waals surface area (Å²) in [5, 5.41) is 8.46. The number of rotatable bonds is 4. The number of morpholine rings is 1. The van der Waals surface area contributed by atoms with Gasteiger partial charge in [0.05, 0.1) is 31.2 Å². The molecule has 1 aromatic heterocycles. The average Bonchev–Trinajstić information content (AvgIpc) is 2.62. The van der Waals surface area contributed by atoms with Crippen LogP contribution in [0.1, 0.15) is 18.2 Å². The molecule has 0 bridgehead atoms. The number of ether oxygens (including phenoxy) is 2. The smallest absolute Gasteiger partial charge is 0.132 e. The van der Waals surface area contributed by atoms with E-state index in [1.54, 1.807) is 25.3 Å². The van der Waals surface area contributed by atoms with E-state index >= 15 is 0 Å². The highest BCUT2D eigenvalue weighted by Gasteiger charge is 2.19. The van der Waals surface area contributed by atoms with Crippen LogP contribution in [0, 0.1) is 5.41 Å². The first-order chi connectivity index (χ1) is 11.6. The molecule has 0 radical (unpaired) electrons. The van der Waals surface area contributed by atoms with Gasteiger partial charge in [-0.25, -0.2) is 9.97 Å². The van der Waals surface area contributed by atoms with Gasteiger partial charge in [0.15, 0.2) is 0 Å². The number of aromatic nitrogens is 2. The molecule has 7 heteroatoms. The molecule has 7 nitrogen and oxygen atoms in total. The van der Waals surface area contributed by atoms with Gasteiger partial charge in [0.2, 0.25) is 0 Å². The Labute approximate surface area is 140 Å². The fourth-order valence-corrected chi connectivity index (χ4v) is 2.70. The standard InChI is InChI=1S/C17H21N5O2/c1-11-9-22(5-6-24-11)16-8-15(20-10-21-16)17(19)13-7-12(23-2)3-4-14(13)18/h3-4,7-8,10-11,19H,5-6,9,18H2,1-2H3. The van der Waals surface area contributed by atoms with E-state index in [1.165, 1.54) is 6.33 Å². The Morgan fingerprint density at radius 2 is 2.21 bits per heavy atom. The summed E-state index contributed by atoms with van der Waals surface area (Å²) in [6, 6.07) is 7.07. The molecule has 0 spiro atoms. The summed E-state index contributed by atoms with van der Waals surface area (Å²) in [4.78, 5) is 10.7. The minimum absolute atomic E-state index is 0.158. The number of methoxy groups -OCH3 is 1. The van der Waals surface area contributed by atoms with E-state index in [-0.39, 0.29) is 11.8 Å². The molecule has 2 aromatic rings. The SMILES string of the molecule is COc1ccc(N)c(C(=N)c2cc(N3CCOC(C)C3)ncn2)c1. The third-order valence-corrected chi connectivity index (χ3v) is 4.00. The molecule has 1 aliphatic rings. The summed E-state index contributed by atoms with van der Waals surface area (Å²) in [6.45, 7) is 4.24. The van der Waals surface area contributed by atoms with E-state index < -0.39 is 0 Å². The van der Waals surface area contributed by atoms with Gasteiger partial charge in [0, 0.05) is 30.4 Å². The van der Waals surface area contributed by atoms with Gasteiger partial charge < -0.3 is 20.1 Å². The zero-order chi connectivity index (χ0) is 17.1.